The summed E-state index contributed by atoms with van der Waals surface area (Å²) in [4.78, 5) is 53.3. The van der Waals surface area contributed by atoms with Crippen LogP contribution in [0.15, 0.2) is 48.5 Å². The maximum absolute atomic E-state index is 13.6. The molecule has 2 aromatic carbocycles. The number of Topliss-reactive ketones (excluding diaryl/α,β-unsaturated/α-hetero) is 1. The van der Waals surface area contributed by atoms with E-state index in [1.165, 1.54) is 0 Å². The third-order valence-corrected chi connectivity index (χ3v) is 9.06. The van der Waals surface area contributed by atoms with Gasteiger partial charge in [0.05, 0.1) is 14.2 Å². The molecule has 1 heterocycles. The summed E-state index contributed by atoms with van der Waals surface area (Å²) in [5, 5.41) is 20.9. The second kappa shape index (κ2) is 14.5. The zero-order chi connectivity index (χ0) is 31.8. The van der Waals surface area contributed by atoms with E-state index in [1.807, 2.05) is 48.5 Å². The minimum absolute atomic E-state index is 0.0665. The highest BCUT2D eigenvalue weighted by molar-refractivity contribution is 6.39. The van der Waals surface area contributed by atoms with E-state index in [0.29, 0.717) is 38.5 Å². The number of carbonyl (C=O) groups is 4. The Kier molecular flexibility index (Phi) is 11.4. The van der Waals surface area contributed by atoms with Gasteiger partial charge in [-0.15, -0.1) is 0 Å². The number of rotatable bonds is 17. The van der Waals surface area contributed by atoms with Crippen LogP contribution in [-0.2, 0) is 32.0 Å². The Morgan fingerprint density at radius 1 is 0.814 bits per heavy atom. The Hall–Kier alpha value is -3.88. The van der Waals surface area contributed by atoms with Gasteiger partial charge in [-0.25, -0.2) is 9.59 Å². The second-order valence-corrected chi connectivity index (χ2v) is 12.0. The number of benzene rings is 2. The predicted octanol–water partition coefficient (Wildman–Crippen LogP) is 5.57. The fourth-order valence-corrected chi connectivity index (χ4v) is 6.01. The number of carbonyl (C=O) groups excluding carboxylic acids is 2. The van der Waals surface area contributed by atoms with Crippen LogP contribution in [0, 0.1) is 11.3 Å². The number of methoxy groups -OCH3 is 2. The Balaban J connectivity index is 1.82. The summed E-state index contributed by atoms with van der Waals surface area (Å²) in [6.45, 7) is 5.01. The third kappa shape index (κ3) is 7.37. The van der Waals surface area contributed by atoms with Gasteiger partial charge in [-0.2, -0.15) is 0 Å². The Morgan fingerprint density at radius 3 is 1.72 bits per heavy atom. The lowest BCUT2D eigenvalue weighted by Gasteiger charge is -2.60. The molecule has 1 fully saturated rings. The largest absolute Gasteiger partial charge is 0.497 e. The molecule has 1 aliphatic rings. The lowest BCUT2D eigenvalue weighted by molar-refractivity contribution is -0.206. The normalized spacial score (nSPS) is 19.8. The molecule has 1 aliphatic heterocycles. The summed E-state index contributed by atoms with van der Waals surface area (Å²) < 4.78 is 10.4. The van der Waals surface area contributed by atoms with Crippen molar-refractivity contribution in [1.29, 1.82) is 0 Å². The van der Waals surface area contributed by atoms with Gasteiger partial charge in [0, 0.05) is 11.3 Å². The molecular weight excluding hydrogens is 550 g/mol. The number of hydrogen-bond donors (Lipinski definition) is 2. The average Bonchev–Trinajstić information content (AvgIpc) is 2.99. The molecule has 0 aliphatic carbocycles. The van der Waals surface area contributed by atoms with Crippen molar-refractivity contribution in [2.75, 3.05) is 14.2 Å². The van der Waals surface area contributed by atoms with E-state index in [-0.39, 0.29) is 6.42 Å². The Morgan fingerprint density at radius 2 is 1.30 bits per heavy atom. The van der Waals surface area contributed by atoms with Crippen molar-refractivity contribution in [2.45, 2.75) is 90.1 Å². The maximum atomic E-state index is 13.6. The van der Waals surface area contributed by atoms with Crippen LogP contribution in [0.25, 0.3) is 0 Å². The SMILES string of the molecule is CCC(C)(C)C(=O)C(=O)N1[C@@H](C(=O)O)C(CCCCc2ccc(OC)cc2)[C@]1(CCCCc1ccc(OC)cc1)C(=O)O. The molecule has 0 aromatic heterocycles. The highest BCUT2D eigenvalue weighted by Gasteiger charge is 2.69. The van der Waals surface area contributed by atoms with Crippen molar-refractivity contribution in [3.63, 3.8) is 0 Å². The van der Waals surface area contributed by atoms with Crippen LogP contribution in [-0.4, -0.2) is 64.5 Å². The lowest BCUT2D eigenvalue weighted by Crippen LogP contribution is -2.80. The maximum Gasteiger partial charge on any atom is 0.330 e. The molecule has 0 radical (unpaired) electrons. The number of carboxylic acid groups (broad SMARTS) is 2. The van der Waals surface area contributed by atoms with Gasteiger partial charge < -0.3 is 24.6 Å². The number of ether oxygens (including phenoxy) is 2. The van der Waals surface area contributed by atoms with E-state index in [1.54, 1.807) is 35.0 Å². The molecule has 0 saturated carbocycles. The first-order valence-electron chi connectivity index (χ1n) is 15.0. The number of likely N-dealkylation sites (tertiary alicyclic amines) is 1. The van der Waals surface area contributed by atoms with Gasteiger partial charge in [-0.05, 0) is 80.3 Å². The van der Waals surface area contributed by atoms with Crippen LogP contribution in [0.2, 0.25) is 0 Å². The van der Waals surface area contributed by atoms with Gasteiger partial charge in [0.2, 0.25) is 5.78 Å². The third-order valence-electron chi connectivity index (χ3n) is 9.06. The summed E-state index contributed by atoms with van der Waals surface area (Å²) in [6, 6.07) is 13.9. The van der Waals surface area contributed by atoms with Crippen molar-refractivity contribution in [3.05, 3.63) is 59.7 Å². The van der Waals surface area contributed by atoms with Crippen LogP contribution in [0.4, 0.5) is 0 Å². The highest BCUT2D eigenvalue weighted by Crippen LogP contribution is 2.50. The zero-order valence-electron chi connectivity index (χ0n) is 25.9. The van der Waals surface area contributed by atoms with Gasteiger partial charge in [-0.1, -0.05) is 57.9 Å². The van der Waals surface area contributed by atoms with E-state index in [2.05, 4.69) is 0 Å². The Labute approximate surface area is 254 Å². The van der Waals surface area contributed by atoms with Crippen LogP contribution in [0.5, 0.6) is 11.5 Å². The van der Waals surface area contributed by atoms with E-state index in [9.17, 15) is 29.4 Å². The number of nitrogens with zero attached hydrogens (tertiary/aromatic N) is 1. The predicted molar refractivity (Wildman–Crippen MR) is 162 cm³/mol. The van der Waals surface area contributed by atoms with Crippen molar-refractivity contribution in [2.24, 2.45) is 11.3 Å². The van der Waals surface area contributed by atoms with Gasteiger partial charge in [0.1, 0.15) is 23.1 Å². The highest BCUT2D eigenvalue weighted by atomic mass is 16.5. The quantitative estimate of drug-likeness (QED) is 0.179. The van der Waals surface area contributed by atoms with Crippen LogP contribution in [0.1, 0.15) is 76.8 Å². The number of aliphatic carboxylic acids is 2. The number of unbranched alkanes of at least 4 members (excludes halogenated alkanes) is 2. The summed E-state index contributed by atoms with van der Waals surface area (Å²) in [6.07, 6.45) is 4.55. The molecule has 9 heteroatoms. The molecule has 0 spiro atoms. The van der Waals surface area contributed by atoms with Crippen molar-refractivity contribution >= 4 is 23.6 Å². The summed E-state index contributed by atoms with van der Waals surface area (Å²) in [5.74, 6) is -3.65. The molecular formula is C34H45NO8. The fraction of sp³-hybridized carbons (Fsp3) is 0.529. The smallest absolute Gasteiger partial charge is 0.330 e. The molecule has 3 atom stereocenters. The number of amides is 1. The van der Waals surface area contributed by atoms with Crippen LogP contribution < -0.4 is 9.47 Å². The molecule has 1 unspecified atom stereocenters. The summed E-state index contributed by atoms with van der Waals surface area (Å²) in [5.41, 5.74) is -0.650. The van der Waals surface area contributed by atoms with Crippen molar-refractivity contribution in [1.82, 2.24) is 4.90 Å². The minimum atomic E-state index is -1.76. The van der Waals surface area contributed by atoms with E-state index < -0.39 is 46.5 Å². The molecule has 2 N–H and O–H groups in total. The topological polar surface area (TPSA) is 130 Å². The number of ketones is 1. The second-order valence-electron chi connectivity index (χ2n) is 12.0. The molecule has 2 aromatic rings. The Bertz CT molecular complexity index is 1270. The van der Waals surface area contributed by atoms with E-state index in [4.69, 9.17) is 9.47 Å². The van der Waals surface area contributed by atoms with E-state index in [0.717, 1.165) is 40.4 Å². The molecule has 1 saturated heterocycles. The first-order valence-corrected chi connectivity index (χ1v) is 15.0. The number of aryl methyl sites for hydroxylation is 2. The average molecular weight is 596 g/mol. The monoisotopic (exact) mass is 595 g/mol. The standard InChI is InChI=1S/C34H45NO8/c1-6-33(2,3)29(36)30(37)35-28(31(38)39)27(13-8-7-11-23-14-18-25(42-4)19-15-23)34(35,32(40)41)22-10-9-12-24-16-20-26(43-5)21-17-24/h14-21,27-28H,6-13,22H2,1-5H3,(H,38,39)(H,40,41)/t27?,28-,34-/m1/s1. The molecule has 0 bridgehead atoms. The van der Waals surface area contributed by atoms with Gasteiger partial charge in [0.25, 0.3) is 5.91 Å². The molecule has 234 valence electrons. The van der Waals surface area contributed by atoms with Crippen LogP contribution in [0.3, 0.4) is 0 Å². The summed E-state index contributed by atoms with van der Waals surface area (Å²) in [7, 11) is 3.20. The minimum Gasteiger partial charge on any atom is -0.497 e. The zero-order valence-corrected chi connectivity index (χ0v) is 25.9. The van der Waals surface area contributed by atoms with Crippen molar-refractivity contribution in [3.8, 4) is 11.5 Å². The first-order chi connectivity index (χ1) is 20.4. The molecule has 3 rings (SSSR count). The van der Waals surface area contributed by atoms with Gasteiger partial charge in [0.15, 0.2) is 0 Å². The lowest BCUT2D eigenvalue weighted by atomic mass is 9.62. The molecule has 43 heavy (non-hydrogen) atoms. The first kappa shape index (κ1) is 33.6. The van der Waals surface area contributed by atoms with Gasteiger partial charge in [-0.3, -0.25) is 9.59 Å². The molecule has 9 nitrogen and oxygen atoms in total. The number of carboxylic acids is 2. The fourth-order valence-electron chi connectivity index (χ4n) is 6.01. The summed E-state index contributed by atoms with van der Waals surface area (Å²) >= 11 is 0. The van der Waals surface area contributed by atoms with Crippen molar-refractivity contribution < 1.29 is 38.9 Å². The molecule has 1 amide bonds. The van der Waals surface area contributed by atoms with Crippen LogP contribution >= 0.6 is 0 Å². The van der Waals surface area contributed by atoms with Gasteiger partial charge >= 0.3 is 11.9 Å². The number of hydrogen-bond acceptors (Lipinski definition) is 6. The van der Waals surface area contributed by atoms with E-state index >= 15 is 0 Å².